The van der Waals surface area contributed by atoms with Crippen LogP contribution in [0.1, 0.15) is 17.0 Å². The van der Waals surface area contributed by atoms with Gasteiger partial charge in [-0.05, 0) is 29.8 Å². The Morgan fingerprint density at radius 2 is 2.11 bits per heavy atom. The van der Waals surface area contributed by atoms with E-state index in [2.05, 4.69) is 34.3 Å². The van der Waals surface area contributed by atoms with Crippen LogP contribution in [0.25, 0.3) is 0 Å². The molecule has 1 aromatic carbocycles. The molecule has 0 spiro atoms. The zero-order valence-electron chi connectivity index (χ0n) is 10.3. The Morgan fingerprint density at radius 3 is 2.83 bits per heavy atom. The molecular formula is C13H15N3OS. The molecule has 2 aromatic rings. The average Bonchev–Trinajstić information content (AvgIpc) is 2.68. The van der Waals surface area contributed by atoms with E-state index in [1.165, 1.54) is 11.1 Å². The molecule has 0 N–H and O–H groups in total. The van der Waals surface area contributed by atoms with Gasteiger partial charge in [0.05, 0.1) is 6.67 Å². The Morgan fingerprint density at radius 1 is 1.33 bits per heavy atom. The number of benzene rings is 1. The van der Waals surface area contributed by atoms with Gasteiger partial charge in [0.15, 0.2) is 0 Å². The second kappa shape index (κ2) is 4.66. The van der Waals surface area contributed by atoms with Gasteiger partial charge in [-0.25, -0.2) is 4.68 Å². The highest BCUT2D eigenvalue weighted by atomic mass is 32.1. The molecular weight excluding hydrogens is 246 g/mol. The number of hydrogen-bond acceptors (Lipinski definition) is 4. The van der Waals surface area contributed by atoms with E-state index in [1.54, 1.807) is 4.68 Å². The van der Waals surface area contributed by atoms with E-state index in [9.17, 15) is 0 Å². The van der Waals surface area contributed by atoms with E-state index in [0.717, 1.165) is 19.5 Å². The number of hydrogen-bond donors (Lipinski definition) is 0. The molecule has 1 aliphatic heterocycles. The second-order valence-electron chi connectivity index (χ2n) is 4.60. The summed E-state index contributed by atoms with van der Waals surface area (Å²) in [6, 6.07) is 8.59. The Kier molecular flexibility index (Phi) is 3.01. The predicted molar refractivity (Wildman–Crippen MR) is 70.6 cm³/mol. The lowest BCUT2D eigenvalue weighted by Gasteiger charge is -2.28. The lowest BCUT2D eigenvalue weighted by molar-refractivity contribution is 0.186. The van der Waals surface area contributed by atoms with Crippen molar-refractivity contribution in [2.24, 2.45) is 0 Å². The molecule has 1 aromatic heterocycles. The van der Waals surface area contributed by atoms with Crippen LogP contribution in [-0.2, 0) is 19.6 Å². The first-order chi connectivity index (χ1) is 8.72. The van der Waals surface area contributed by atoms with E-state index in [0.29, 0.717) is 17.4 Å². The average molecular weight is 261 g/mol. The molecule has 0 radical (unpaired) electrons. The Labute approximate surface area is 111 Å². The van der Waals surface area contributed by atoms with Crippen molar-refractivity contribution in [2.45, 2.75) is 26.6 Å². The summed E-state index contributed by atoms with van der Waals surface area (Å²) in [5, 5.41) is 4.26. The van der Waals surface area contributed by atoms with Gasteiger partial charge in [-0.3, -0.25) is 4.90 Å². The largest absolute Gasteiger partial charge is 0.414 e. The molecule has 1 aliphatic rings. The van der Waals surface area contributed by atoms with Crippen LogP contribution in [0.2, 0.25) is 0 Å². The fraction of sp³-hybridized carbons (Fsp3) is 0.385. The fourth-order valence-electron chi connectivity index (χ4n) is 2.36. The number of aromatic nitrogens is 2. The van der Waals surface area contributed by atoms with Gasteiger partial charge in [-0.15, -0.1) is 5.10 Å². The van der Waals surface area contributed by atoms with Crippen LogP contribution in [0, 0.1) is 11.8 Å². The summed E-state index contributed by atoms with van der Waals surface area (Å²) in [6.07, 6.45) is 1.08. The molecule has 0 saturated carbocycles. The summed E-state index contributed by atoms with van der Waals surface area (Å²) in [7, 11) is 0. The van der Waals surface area contributed by atoms with Crippen LogP contribution in [-0.4, -0.2) is 21.2 Å². The zero-order chi connectivity index (χ0) is 12.5. The SMILES string of the molecule is Cc1nn(CN2CCc3ccccc3C2)c(=S)o1. The van der Waals surface area contributed by atoms with Crippen molar-refractivity contribution in [1.82, 2.24) is 14.7 Å². The Hall–Kier alpha value is -1.46. The van der Waals surface area contributed by atoms with Crippen LogP contribution in [0.5, 0.6) is 0 Å². The van der Waals surface area contributed by atoms with Crippen molar-refractivity contribution in [2.75, 3.05) is 6.54 Å². The molecule has 0 saturated heterocycles. The number of fused-ring (bicyclic) bond motifs is 1. The monoisotopic (exact) mass is 261 g/mol. The van der Waals surface area contributed by atoms with Crippen molar-refractivity contribution in [3.63, 3.8) is 0 Å². The van der Waals surface area contributed by atoms with E-state index in [1.807, 2.05) is 6.92 Å². The first kappa shape index (κ1) is 11.6. The number of nitrogens with zero attached hydrogens (tertiary/aromatic N) is 3. The molecule has 0 unspecified atom stereocenters. The van der Waals surface area contributed by atoms with Gasteiger partial charge in [0.25, 0.3) is 4.84 Å². The van der Waals surface area contributed by atoms with Crippen molar-refractivity contribution >= 4 is 12.2 Å². The van der Waals surface area contributed by atoms with E-state index in [4.69, 9.17) is 16.6 Å². The minimum absolute atomic E-state index is 0.450. The van der Waals surface area contributed by atoms with Crippen molar-refractivity contribution in [3.8, 4) is 0 Å². The van der Waals surface area contributed by atoms with Gasteiger partial charge in [0.1, 0.15) is 0 Å². The van der Waals surface area contributed by atoms with Gasteiger partial charge < -0.3 is 4.42 Å². The molecule has 0 atom stereocenters. The number of aryl methyl sites for hydroxylation is 1. The molecule has 18 heavy (non-hydrogen) atoms. The van der Waals surface area contributed by atoms with E-state index in [-0.39, 0.29) is 0 Å². The molecule has 3 rings (SSSR count). The molecule has 0 aliphatic carbocycles. The van der Waals surface area contributed by atoms with Gasteiger partial charge in [0, 0.05) is 20.0 Å². The zero-order valence-corrected chi connectivity index (χ0v) is 11.1. The molecule has 4 nitrogen and oxygen atoms in total. The summed E-state index contributed by atoms with van der Waals surface area (Å²) < 4.78 is 7.01. The van der Waals surface area contributed by atoms with Crippen LogP contribution < -0.4 is 0 Å². The smallest absolute Gasteiger partial charge is 0.288 e. The third kappa shape index (κ3) is 2.23. The maximum absolute atomic E-state index is 5.27. The number of rotatable bonds is 2. The Balaban J connectivity index is 1.77. The summed E-state index contributed by atoms with van der Waals surface area (Å²) in [6.45, 7) is 4.50. The summed E-state index contributed by atoms with van der Waals surface area (Å²) in [4.78, 5) is 2.78. The fourth-order valence-corrected chi connectivity index (χ4v) is 2.58. The molecule has 0 amide bonds. The van der Waals surface area contributed by atoms with Crippen LogP contribution in [0.15, 0.2) is 28.7 Å². The van der Waals surface area contributed by atoms with Gasteiger partial charge >= 0.3 is 0 Å². The van der Waals surface area contributed by atoms with Gasteiger partial charge in [-0.2, -0.15) is 0 Å². The second-order valence-corrected chi connectivity index (χ2v) is 4.95. The molecule has 0 bridgehead atoms. The molecule has 5 heteroatoms. The third-order valence-corrected chi connectivity index (χ3v) is 3.55. The topological polar surface area (TPSA) is 34.2 Å². The van der Waals surface area contributed by atoms with Crippen LogP contribution in [0.3, 0.4) is 0 Å². The van der Waals surface area contributed by atoms with Crippen LogP contribution in [0.4, 0.5) is 0 Å². The summed E-state index contributed by atoms with van der Waals surface area (Å²) >= 11 is 5.13. The minimum Gasteiger partial charge on any atom is -0.414 e. The van der Waals surface area contributed by atoms with Crippen LogP contribution >= 0.6 is 12.2 Å². The quantitative estimate of drug-likeness (QED) is 0.778. The van der Waals surface area contributed by atoms with Gasteiger partial charge in [-0.1, -0.05) is 24.3 Å². The summed E-state index contributed by atoms with van der Waals surface area (Å²) in [5.41, 5.74) is 2.85. The van der Waals surface area contributed by atoms with Gasteiger partial charge in [0.2, 0.25) is 5.89 Å². The lowest BCUT2D eigenvalue weighted by Crippen LogP contribution is -2.32. The minimum atomic E-state index is 0.450. The molecule has 0 fully saturated rings. The maximum atomic E-state index is 5.27. The van der Waals surface area contributed by atoms with E-state index < -0.39 is 0 Å². The highest BCUT2D eigenvalue weighted by Gasteiger charge is 2.16. The van der Waals surface area contributed by atoms with Crippen molar-refractivity contribution in [1.29, 1.82) is 0 Å². The Bertz CT molecular complexity index is 617. The van der Waals surface area contributed by atoms with Crippen molar-refractivity contribution in [3.05, 3.63) is 46.1 Å². The predicted octanol–water partition coefficient (Wildman–Crippen LogP) is 2.53. The highest BCUT2D eigenvalue weighted by molar-refractivity contribution is 7.71. The third-order valence-electron chi connectivity index (χ3n) is 3.25. The molecule has 94 valence electrons. The van der Waals surface area contributed by atoms with Crippen molar-refractivity contribution < 1.29 is 4.42 Å². The highest BCUT2D eigenvalue weighted by Crippen LogP contribution is 2.18. The maximum Gasteiger partial charge on any atom is 0.288 e. The normalized spacial score (nSPS) is 15.6. The van der Waals surface area contributed by atoms with E-state index >= 15 is 0 Å². The lowest BCUT2D eigenvalue weighted by atomic mass is 10.0. The molecule has 2 heterocycles. The first-order valence-corrected chi connectivity index (χ1v) is 6.47. The standard InChI is InChI=1S/C13H15N3OS/c1-10-14-16(13(18)17-10)9-15-7-6-11-4-2-3-5-12(11)8-15/h2-5H,6-9H2,1H3. The summed E-state index contributed by atoms with van der Waals surface area (Å²) in [5.74, 6) is 0.623. The first-order valence-electron chi connectivity index (χ1n) is 6.06.